The number of hydrogen-bond donors (Lipinski definition) is 1. The van der Waals surface area contributed by atoms with Gasteiger partial charge < -0.3 is 5.32 Å². The number of nitrogens with zero attached hydrogens (tertiary/aromatic N) is 1. The van der Waals surface area contributed by atoms with Gasteiger partial charge in [-0.3, -0.25) is 4.79 Å². The number of alkyl halides is 1. The number of nitrogens with one attached hydrogen (secondary N) is 1. The maximum Gasteiger partial charge on any atom is 0.241 e. The normalized spacial score (nSPS) is 10.4. The topological polar surface area (TPSA) is 42.0 Å². The van der Waals surface area contributed by atoms with Crippen molar-refractivity contribution in [3.05, 3.63) is 35.5 Å². The van der Waals surface area contributed by atoms with Crippen LogP contribution in [0.2, 0.25) is 0 Å². The van der Waals surface area contributed by atoms with E-state index in [4.69, 9.17) is 11.6 Å². The lowest BCUT2D eigenvalue weighted by molar-refractivity contribution is -0.113. The van der Waals surface area contributed by atoms with E-state index in [0.717, 1.165) is 10.4 Å². The van der Waals surface area contributed by atoms with Gasteiger partial charge in [-0.05, 0) is 30.5 Å². The zero-order chi connectivity index (χ0) is 13.1. The first kappa shape index (κ1) is 13.1. The van der Waals surface area contributed by atoms with Gasteiger partial charge in [0.25, 0.3) is 0 Å². The molecule has 0 saturated heterocycles. The Morgan fingerprint density at radius 1 is 1.39 bits per heavy atom. The Labute approximate surface area is 115 Å². The molecule has 0 aliphatic heterocycles. The number of rotatable bonds is 3. The quantitative estimate of drug-likeness (QED) is 0.873. The minimum atomic E-state index is -0.238. The summed E-state index contributed by atoms with van der Waals surface area (Å²) in [4.78, 5) is 16.3. The minimum Gasteiger partial charge on any atom is -0.301 e. The summed E-state index contributed by atoms with van der Waals surface area (Å²) in [5, 5.41) is 3.22. The second-order valence-corrected chi connectivity index (χ2v) is 5.31. The van der Waals surface area contributed by atoms with Gasteiger partial charge in [0.1, 0.15) is 5.88 Å². The summed E-state index contributed by atoms with van der Waals surface area (Å²) in [5.41, 5.74) is 3.62. The lowest BCUT2D eigenvalue weighted by atomic mass is 10.1. The Kier molecular flexibility index (Phi) is 3.99. The van der Waals surface area contributed by atoms with Gasteiger partial charge in [-0.2, -0.15) is 0 Å². The van der Waals surface area contributed by atoms with Crippen LogP contribution >= 0.6 is 22.9 Å². The van der Waals surface area contributed by atoms with Crippen molar-refractivity contribution in [2.45, 2.75) is 13.8 Å². The van der Waals surface area contributed by atoms with E-state index in [2.05, 4.69) is 42.3 Å². The highest BCUT2D eigenvalue weighted by Gasteiger charge is 2.07. The van der Waals surface area contributed by atoms with E-state index in [9.17, 15) is 4.79 Å². The van der Waals surface area contributed by atoms with E-state index < -0.39 is 0 Å². The van der Waals surface area contributed by atoms with E-state index in [1.807, 2.05) is 0 Å². The Morgan fingerprint density at radius 3 is 2.83 bits per heavy atom. The molecular formula is C13H13ClN2OS. The van der Waals surface area contributed by atoms with E-state index in [0.29, 0.717) is 5.13 Å². The molecule has 5 heteroatoms. The number of carbonyl (C=O) groups is 1. The summed E-state index contributed by atoms with van der Waals surface area (Å²) >= 11 is 6.87. The summed E-state index contributed by atoms with van der Waals surface area (Å²) in [6.07, 6.45) is 1.76. The number of aromatic nitrogens is 1. The molecule has 1 aromatic heterocycles. The van der Waals surface area contributed by atoms with Gasteiger partial charge >= 0.3 is 0 Å². The first-order valence-electron chi connectivity index (χ1n) is 5.49. The molecule has 0 fully saturated rings. The average Bonchev–Trinajstić information content (AvgIpc) is 2.81. The Bertz CT molecular complexity index is 580. The monoisotopic (exact) mass is 280 g/mol. The zero-order valence-electron chi connectivity index (χ0n) is 10.2. The molecule has 1 heterocycles. The second kappa shape index (κ2) is 5.50. The van der Waals surface area contributed by atoms with Crippen LogP contribution in [0.1, 0.15) is 11.1 Å². The minimum absolute atomic E-state index is 0.0570. The Balaban J connectivity index is 2.23. The van der Waals surface area contributed by atoms with Crippen molar-refractivity contribution in [2.24, 2.45) is 0 Å². The summed E-state index contributed by atoms with van der Waals surface area (Å²) in [6.45, 7) is 4.16. The molecule has 0 aliphatic rings. The fourth-order valence-corrected chi connectivity index (χ4v) is 2.41. The highest BCUT2D eigenvalue weighted by Crippen LogP contribution is 2.30. The fraction of sp³-hybridized carbons (Fsp3) is 0.231. The number of hydrogen-bond acceptors (Lipinski definition) is 3. The van der Waals surface area contributed by atoms with Crippen LogP contribution < -0.4 is 5.32 Å². The van der Waals surface area contributed by atoms with Crippen molar-refractivity contribution in [3.8, 4) is 10.4 Å². The predicted molar refractivity (Wildman–Crippen MR) is 76.4 cm³/mol. The van der Waals surface area contributed by atoms with Crippen molar-refractivity contribution in [2.75, 3.05) is 11.2 Å². The molecule has 1 N–H and O–H groups in total. The van der Waals surface area contributed by atoms with Gasteiger partial charge in [0.15, 0.2) is 5.13 Å². The van der Waals surface area contributed by atoms with Crippen LogP contribution in [0.25, 0.3) is 10.4 Å². The smallest absolute Gasteiger partial charge is 0.241 e. The molecule has 94 valence electrons. The Hall–Kier alpha value is -1.39. The molecule has 0 unspecified atom stereocenters. The predicted octanol–water partition coefficient (Wildman–Crippen LogP) is 3.60. The average molecular weight is 281 g/mol. The molecule has 1 aromatic carbocycles. The van der Waals surface area contributed by atoms with E-state index in [1.54, 1.807) is 6.20 Å². The molecule has 18 heavy (non-hydrogen) atoms. The first-order chi connectivity index (χ1) is 8.60. The van der Waals surface area contributed by atoms with Crippen molar-refractivity contribution < 1.29 is 4.79 Å². The number of anilines is 1. The molecule has 2 rings (SSSR count). The highest BCUT2D eigenvalue weighted by molar-refractivity contribution is 7.19. The molecule has 2 aromatic rings. The third-order valence-corrected chi connectivity index (χ3v) is 3.87. The van der Waals surface area contributed by atoms with Crippen LogP contribution in [-0.2, 0) is 4.79 Å². The highest BCUT2D eigenvalue weighted by atomic mass is 35.5. The standard InChI is InChI=1S/C13H13ClN2OS/c1-8-3-4-10(5-9(8)2)11-7-15-13(18-11)16-12(17)6-14/h3-5,7H,6H2,1-2H3,(H,15,16,17). The molecule has 0 radical (unpaired) electrons. The van der Waals surface area contributed by atoms with Gasteiger partial charge in [0.05, 0.1) is 4.88 Å². The number of aryl methyl sites for hydroxylation is 2. The molecule has 0 saturated carbocycles. The zero-order valence-corrected chi connectivity index (χ0v) is 11.7. The van der Waals surface area contributed by atoms with Crippen LogP contribution in [-0.4, -0.2) is 16.8 Å². The van der Waals surface area contributed by atoms with E-state index in [1.165, 1.54) is 22.5 Å². The van der Waals surface area contributed by atoms with Crippen LogP contribution in [0.4, 0.5) is 5.13 Å². The largest absolute Gasteiger partial charge is 0.301 e. The molecule has 3 nitrogen and oxygen atoms in total. The lowest BCUT2D eigenvalue weighted by Gasteiger charge is -2.02. The van der Waals surface area contributed by atoms with E-state index >= 15 is 0 Å². The summed E-state index contributed by atoms with van der Waals surface area (Å²) < 4.78 is 0. The number of benzene rings is 1. The first-order valence-corrected chi connectivity index (χ1v) is 6.84. The molecule has 1 amide bonds. The summed E-state index contributed by atoms with van der Waals surface area (Å²) in [5.74, 6) is -0.295. The summed E-state index contributed by atoms with van der Waals surface area (Å²) in [7, 11) is 0. The van der Waals surface area contributed by atoms with Gasteiger partial charge in [-0.1, -0.05) is 29.5 Å². The number of carbonyl (C=O) groups excluding carboxylic acids is 1. The third-order valence-electron chi connectivity index (χ3n) is 2.66. The lowest BCUT2D eigenvalue weighted by Crippen LogP contribution is -2.11. The van der Waals surface area contributed by atoms with Crippen molar-refractivity contribution >= 4 is 34.0 Å². The van der Waals surface area contributed by atoms with Gasteiger partial charge in [-0.15, -0.1) is 11.6 Å². The maximum atomic E-state index is 11.1. The van der Waals surface area contributed by atoms with E-state index in [-0.39, 0.29) is 11.8 Å². The van der Waals surface area contributed by atoms with Crippen LogP contribution in [0, 0.1) is 13.8 Å². The molecule has 0 spiro atoms. The van der Waals surface area contributed by atoms with Crippen molar-refractivity contribution in [1.82, 2.24) is 4.98 Å². The number of thiazole rings is 1. The molecule has 0 bridgehead atoms. The number of halogens is 1. The van der Waals surface area contributed by atoms with Crippen LogP contribution in [0.3, 0.4) is 0 Å². The second-order valence-electron chi connectivity index (χ2n) is 4.01. The maximum absolute atomic E-state index is 11.1. The van der Waals surface area contributed by atoms with Crippen LogP contribution in [0.15, 0.2) is 24.4 Å². The van der Waals surface area contributed by atoms with Crippen molar-refractivity contribution in [3.63, 3.8) is 0 Å². The van der Waals surface area contributed by atoms with Crippen LogP contribution in [0.5, 0.6) is 0 Å². The molecule has 0 atom stereocenters. The van der Waals surface area contributed by atoms with Gasteiger partial charge in [0.2, 0.25) is 5.91 Å². The molecule has 0 aliphatic carbocycles. The third kappa shape index (κ3) is 2.89. The fourth-order valence-electron chi connectivity index (χ4n) is 1.51. The number of amides is 1. The SMILES string of the molecule is Cc1ccc(-c2cnc(NC(=O)CCl)s2)cc1C. The molecular weight excluding hydrogens is 268 g/mol. The van der Waals surface area contributed by atoms with Gasteiger partial charge in [0, 0.05) is 6.20 Å². The Morgan fingerprint density at radius 2 is 2.17 bits per heavy atom. The summed E-state index contributed by atoms with van der Waals surface area (Å²) in [6, 6.07) is 6.26. The van der Waals surface area contributed by atoms with Crippen molar-refractivity contribution in [1.29, 1.82) is 0 Å². The van der Waals surface area contributed by atoms with Gasteiger partial charge in [-0.25, -0.2) is 4.98 Å².